The highest BCUT2D eigenvalue weighted by Crippen LogP contribution is 2.23. The molecule has 0 unspecified atom stereocenters. The molecule has 0 atom stereocenters. The van der Waals surface area contributed by atoms with Crippen molar-refractivity contribution in [3.63, 3.8) is 0 Å². The summed E-state index contributed by atoms with van der Waals surface area (Å²) in [6.45, 7) is 2.19. The maximum atomic E-state index is 10.7. The molecular weight excluding hydrogens is 316 g/mol. The van der Waals surface area contributed by atoms with Gasteiger partial charge < -0.3 is 14.9 Å². The number of aromatic nitrogens is 3. The highest BCUT2D eigenvalue weighted by molar-refractivity contribution is 9.10. The third-order valence-electron chi connectivity index (χ3n) is 2.41. The number of aryl methyl sites for hydroxylation is 1. The molecule has 0 bridgehead atoms. The Morgan fingerprint density at radius 2 is 2.26 bits per heavy atom. The van der Waals surface area contributed by atoms with Crippen molar-refractivity contribution in [1.82, 2.24) is 14.8 Å². The maximum absolute atomic E-state index is 10.7. The minimum atomic E-state index is -0.537. The number of hydrogen-bond acceptors (Lipinski definition) is 5. The van der Waals surface area contributed by atoms with Gasteiger partial charge in [-0.2, -0.15) is 4.68 Å². The van der Waals surface area contributed by atoms with E-state index in [-0.39, 0.29) is 5.82 Å². The zero-order chi connectivity index (χ0) is 14.0. The lowest BCUT2D eigenvalue weighted by atomic mass is 10.3. The predicted octanol–water partition coefficient (Wildman–Crippen LogP) is 2.31. The minimum Gasteiger partial charge on any atom is -0.497 e. The van der Waals surface area contributed by atoms with Crippen molar-refractivity contribution in [3.05, 3.63) is 44.3 Å². The molecule has 0 aromatic carbocycles. The number of rotatable bonds is 4. The molecule has 0 N–H and O–H groups in total. The number of halogens is 1. The Labute approximate surface area is 117 Å². The first-order valence-corrected chi connectivity index (χ1v) is 6.18. The van der Waals surface area contributed by atoms with E-state index in [0.29, 0.717) is 16.8 Å². The zero-order valence-electron chi connectivity index (χ0n) is 10.3. The van der Waals surface area contributed by atoms with Crippen molar-refractivity contribution < 1.29 is 9.66 Å². The summed E-state index contributed by atoms with van der Waals surface area (Å²) in [6, 6.07) is 3.58. The van der Waals surface area contributed by atoms with E-state index < -0.39 is 4.92 Å². The van der Waals surface area contributed by atoms with Crippen LogP contribution in [0.3, 0.4) is 0 Å². The highest BCUT2D eigenvalue weighted by Gasteiger charge is 2.18. The van der Waals surface area contributed by atoms with Crippen LogP contribution in [0.4, 0.5) is 5.82 Å². The monoisotopic (exact) mass is 326 g/mol. The second-order valence-electron chi connectivity index (χ2n) is 3.90. The molecule has 0 saturated carbocycles. The molecule has 2 heterocycles. The number of nitro groups is 1. The number of hydrogen-bond donors (Lipinski definition) is 0. The van der Waals surface area contributed by atoms with E-state index in [4.69, 9.17) is 4.74 Å². The lowest BCUT2D eigenvalue weighted by molar-refractivity contribution is -0.390. The first-order valence-electron chi connectivity index (χ1n) is 5.38. The van der Waals surface area contributed by atoms with Crippen LogP contribution < -0.4 is 4.74 Å². The molecule has 7 nitrogen and oxygen atoms in total. The second kappa shape index (κ2) is 5.35. The molecule has 2 aromatic rings. The van der Waals surface area contributed by atoms with Gasteiger partial charge in [0.1, 0.15) is 16.8 Å². The van der Waals surface area contributed by atoms with Crippen LogP contribution in [0, 0.1) is 17.0 Å². The van der Waals surface area contributed by atoms with Crippen molar-refractivity contribution in [2.24, 2.45) is 0 Å². The van der Waals surface area contributed by atoms with Crippen molar-refractivity contribution in [1.29, 1.82) is 0 Å². The Balaban J connectivity index is 2.28. The number of pyridine rings is 1. The molecule has 100 valence electrons. The fourth-order valence-corrected chi connectivity index (χ4v) is 2.12. The number of ether oxygens (including phenoxy) is 1. The second-order valence-corrected chi connectivity index (χ2v) is 4.75. The summed E-state index contributed by atoms with van der Waals surface area (Å²) in [5, 5.41) is 14.6. The van der Waals surface area contributed by atoms with Crippen LogP contribution in [0.25, 0.3) is 0 Å². The average Bonchev–Trinajstić information content (AvgIpc) is 2.69. The first-order chi connectivity index (χ1) is 8.99. The summed E-state index contributed by atoms with van der Waals surface area (Å²) in [5.74, 6) is 0.489. The van der Waals surface area contributed by atoms with Gasteiger partial charge in [0, 0.05) is 17.8 Å². The van der Waals surface area contributed by atoms with Gasteiger partial charge in [-0.25, -0.2) is 0 Å². The molecule has 0 aliphatic carbocycles. The SMILES string of the molecule is COc1cc(C)nc(Cn2cc(Br)c([N+](=O)[O-])n2)c1. The van der Waals surface area contributed by atoms with Crippen LogP contribution in [0.5, 0.6) is 5.75 Å². The summed E-state index contributed by atoms with van der Waals surface area (Å²) >= 11 is 3.10. The smallest absolute Gasteiger partial charge is 0.404 e. The van der Waals surface area contributed by atoms with Crippen LogP contribution >= 0.6 is 15.9 Å². The largest absolute Gasteiger partial charge is 0.497 e. The molecular formula is C11H11BrN4O3. The van der Waals surface area contributed by atoms with Gasteiger partial charge in [0.15, 0.2) is 0 Å². The van der Waals surface area contributed by atoms with Crippen LogP contribution in [-0.4, -0.2) is 26.8 Å². The summed E-state index contributed by atoms with van der Waals surface area (Å²) in [4.78, 5) is 14.5. The lowest BCUT2D eigenvalue weighted by Gasteiger charge is -2.04. The number of nitrogens with zero attached hydrogens (tertiary/aromatic N) is 4. The third-order valence-corrected chi connectivity index (χ3v) is 2.97. The van der Waals surface area contributed by atoms with Crippen LogP contribution in [-0.2, 0) is 6.54 Å². The average molecular weight is 327 g/mol. The molecule has 8 heteroatoms. The van der Waals surface area contributed by atoms with E-state index in [2.05, 4.69) is 26.0 Å². The molecule has 19 heavy (non-hydrogen) atoms. The van der Waals surface area contributed by atoms with Gasteiger partial charge in [-0.1, -0.05) is 0 Å². The summed E-state index contributed by atoms with van der Waals surface area (Å²) in [5.41, 5.74) is 1.54. The third kappa shape index (κ3) is 3.08. The Hall–Kier alpha value is -1.96. The zero-order valence-corrected chi connectivity index (χ0v) is 11.9. The van der Waals surface area contributed by atoms with E-state index in [1.165, 1.54) is 4.68 Å². The van der Waals surface area contributed by atoms with Gasteiger partial charge in [-0.3, -0.25) is 4.98 Å². The first kappa shape index (κ1) is 13.5. The summed E-state index contributed by atoms with van der Waals surface area (Å²) < 4.78 is 6.96. The molecule has 0 aliphatic heterocycles. The summed E-state index contributed by atoms with van der Waals surface area (Å²) in [7, 11) is 1.58. The van der Waals surface area contributed by atoms with E-state index in [1.807, 2.05) is 13.0 Å². The Morgan fingerprint density at radius 3 is 2.84 bits per heavy atom. The van der Waals surface area contributed by atoms with E-state index >= 15 is 0 Å². The molecule has 2 rings (SSSR count). The van der Waals surface area contributed by atoms with Crippen molar-refractivity contribution in [3.8, 4) is 5.75 Å². The quantitative estimate of drug-likeness (QED) is 0.636. The topological polar surface area (TPSA) is 83.1 Å². The molecule has 0 fully saturated rings. The van der Waals surface area contributed by atoms with Crippen molar-refractivity contribution in [2.75, 3.05) is 7.11 Å². The van der Waals surface area contributed by atoms with Gasteiger partial charge in [-0.15, -0.1) is 0 Å². The Bertz CT molecular complexity index is 626. The maximum Gasteiger partial charge on any atom is 0.404 e. The Kier molecular flexibility index (Phi) is 3.79. The van der Waals surface area contributed by atoms with Crippen molar-refractivity contribution >= 4 is 21.7 Å². The minimum absolute atomic E-state index is 0.209. The van der Waals surface area contributed by atoms with Gasteiger partial charge >= 0.3 is 5.82 Å². The van der Waals surface area contributed by atoms with Gasteiger partial charge in [0.25, 0.3) is 0 Å². The molecule has 0 saturated heterocycles. The molecule has 0 spiro atoms. The Morgan fingerprint density at radius 1 is 1.53 bits per heavy atom. The van der Waals surface area contributed by atoms with Crippen LogP contribution in [0.15, 0.2) is 22.8 Å². The fraction of sp³-hybridized carbons (Fsp3) is 0.273. The molecule has 0 aliphatic rings. The standard InChI is InChI=1S/C11H11BrN4O3/c1-7-3-9(19-2)4-8(13-7)5-15-6-10(12)11(14-15)16(17)18/h3-4,6H,5H2,1-2H3. The number of methoxy groups -OCH3 is 1. The van der Waals surface area contributed by atoms with Gasteiger partial charge in [0.2, 0.25) is 0 Å². The lowest BCUT2D eigenvalue weighted by Crippen LogP contribution is -2.04. The van der Waals surface area contributed by atoms with Gasteiger partial charge in [-0.05, 0) is 27.8 Å². The molecule has 2 aromatic heterocycles. The van der Waals surface area contributed by atoms with E-state index in [1.54, 1.807) is 19.4 Å². The molecule has 0 amide bonds. The van der Waals surface area contributed by atoms with Crippen LogP contribution in [0.1, 0.15) is 11.4 Å². The van der Waals surface area contributed by atoms with E-state index in [0.717, 1.165) is 11.4 Å². The normalized spacial score (nSPS) is 10.5. The highest BCUT2D eigenvalue weighted by atomic mass is 79.9. The predicted molar refractivity (Wildman–Crippen MR) is 71.2 cm³/mol. The van der Waals surface area contributed by atoms with Crippen molar-refractivity contribution in [2.45, 2.75) is 13.5 Å². The summed E-state index contributed by atoms with van der Waals surface area (Å²) in [6.07, 6.45) is 1.55. The van der Waals surface area contributed by atoms with E-state index in [9.17, 15) is 10.1 Å². The molecule has 0 radical (unpaired) electrons. The van der Waals surface area contributed by atoms with Crippen LogP contribution in [0.2, 0.25) is 0 Å². The fourth-order valence-electron chi connectivity index (χ4n) is 1.66. The van der Waals surface area contributed by atoms with Gasteiger partial charge in [0.05, 0.1) is 24.1 Å².